The average Bonchev–Trinajstić information content (AvgIpc) is 0. The van der Waals surface area contributed by atoms with Crippen LogP contribution in [0.2, 0.25) is 0 Å². The molecule has 0 saturated heterocycles. The Morgan fingerprint density at radius 3 is 0.250 bits per heavy atom. The van der Waals surface area contributed by atoms with Gasteiger partial charge in [-0.25, -0.2) is 0 Å². The Balaban J connectivity index is 0. The molecule has 0 atom stereocenters. The van der Waals surface area contributed by atoms with Gasteiger partial charge in [0, 0.05) is 60.3 Å². The van der Waals surface area contributed by atoms with E-state index in [0.717, 1.165) is 0 Å². The van der Waals surface area contributed by atoms with Gasteiger partial charge in [-0.2, -0.15) is 0 Å². The van der Waals surface area contributed by atoms with Gasteiger partial charge in [0.15, 0.2) is 0 Å². The van der Waals surface area contributed by atoms with Crippen LogP contribution in [-0.2, 0) is 60.3 Å². The van der Waals surface area contributed by atoms with E-state index in [2.05, 4.69) is 0 Å². The van der Waals surface area contributed by atoms with Crippen molar-refractivity contribution in [2.75, 3.05) is 0 Å². The molecule has 0 aliphatic heterocycles. The molecule has 8 heavy (non-hydrogen) atoms. The molecule has 0 amide bonds. The molecule has 0 unspecified atom stereocenters. The molecule has 3 radical (unpaired) electrons. The van der Waals surface area contributed by atoms with Crippen LogP contribution in [0.25, 0.3) is 0 Å². The SMILES string of the molecule is [GaH3].[GaH3].[GaH3].[GaH3].[GaH3].[Ir].[Ir].[Ir]. The average molecular weight is 940 g/mol. The predicted octanol–water partition coefficient (Wildman–Crippen LogP) is -5.93. The molecule has 0 bridgehead atoms. The van der Waals surface area contributed by atoms with Crippen LogP contribution in [0.3, 0.4) is 0 Å². The van der Waals surface area contributed by atoms with Crippen molar-refractivity contribution in [2.45, 2.75) is 0 Å². The minimum atomic E-state index is 0. The Kier molecular flexibility index (Phi) is 524. The van der Waals surface area contributed by atoms with E-state index in [1.54, 1.807) is 0 Å². The summed E-state index contributed by atoms with van der Waals surface area (Å²) in [4.78, 5) is 0. The van der Waals surface area contributed by atoms with Crippen molar-refractivity contribution in [3.63, 3.8) is 0 Å². The third-order valence-electron chi connectivity index (χ3n) is 0. The molecular weight excluding hydrogens is 925 g/mol. The molecule has 57 valence electrons. The second-order valence-electron chi connectivity index (χ2n) is 0. The summed E-state index contributed by atoms with van der Waals surface area (Å²) >= 11 is 0. The van der Waals surface area contributed by atoms with E-state index < -0.39 is 0 Å². The van der Waals surface area contributed by atoms with Gasteiger partial charge < -0.3 is 0 Å². The van der Waals surface area contributed by atoms with Crippen molar-refractivity contribution >= 4 is 99.0 Å². The Morgan fingerprint density at radius 2 is 0.250 bits per heavy atom. The molecule has 0 fully saturated rings. The Labute approximate surface area is 156 Å². The van der Waals surface area contributed by atoms with Crippen LogP contribution in [0.4, 0.5) is 0 Å². The second kappa shape index (κ2) is 57.1. The van der Waals surface area contributed by atoms with Crippen molar-refractivity contribution in [2.24, 2.45) is 0 Å². The first-order valence-electron chi connectivity index (χ1n) is 0. The number of hydrogen-bond acceptors (Lipinski definition) is 0. The van der Waals surface area contributed by atoms with Gasteiger partial charge in [-0.3, -0.25) is 0 Å². The monoisotopic (exact) mass is 939 g/mol. The third kappa shape index (κ3) is 43.4. The molecular formula is H15Ga5Ir3. The molecule has 0 aliphatic rings. The van der Waals surface area contributed by atoms with E-state index in [1.807, 2.05) is 0 Å². The summed E-state index contributed by atoms with van der Waals surface area (Å²) in [5, 5.41) is 0. The maximum absolute atomic E-state index is 0. The van der Waals surface area contributed by atoms with Gasteiger partial charge in [0.1, 0.15) is 0 Å². The maximum Gasteiger partial charge on any atom is 0 e. The second-order valence-corrected chi connectivity index (χ2v) is 0. The zero-order valence-electron chi connectivity index (χ0n) is 1.00. The Morgan fingerprint density at radius 1 is 0.250 bits per heavy atom. The minimum absolute atomic E-state index is 0. The summed E-state index contributed by atoms with van der Waals surface area (Å²) in [5.41, 5.74) is 0. The summed E-state index contributed by atoms with van der Waals surface area (Å²) in [6.45, 7) is 0. The fourth-order valence-electron chi connectivity index (χ4n) is 0. The molecule has 0 aliphatic carbocycles. The zero-order valence-corrected chi connectivity index (χ0v) is 8.19. The molecule has 0 spiro atoms. The van der Waals surface area contributed by atoms with E-state index >= 15 is 0 Å². The first-order chi connectivity index (χ1) is 0. The smallest absolute Gasteiger partial charge is 0 e. The van der Waals surface area contributed by atoms with Gasteiger partial charge in [-0.05, 0) is 0 Å². The number of rotatable bonds is 0. The molecule has 0 heterocycles. The Bertz CT molecular complexity index is 7.64. The van der Waals surface area contributed by atoms with Crippen molar-refractivity contribution in [3.05, 3.63) is 0 Å². The van der Waals surface area contributed by atoms with Gasteiger partial charge in [0.05, 0.1) is 0 Å². The van der Waals surface area contributed by atoms with Crippen molar-refractivity contribution < 1.29 is 60.3 Å². The van der Waals surface area contributed by atoms with Crippen LogP contribution < -0.4 is 0 Å². The first kappa shape index (κ1) is 73.4. The molecule has 0 rings (SSSR count). The van der Waals surface area contributed by atoms with Crippen LogP contribution in [0, 0.1) is 0 Å². The summed E-state index contributed by atoms with van der Waals surface area (Å²) in [5.74, 6) is 0. The Hall–Kier alpha value is 5.13. The van der Waals surface area contributed by atoms with Crippen LogP contribution in [-0.4, -0.2) is 99.0 Å². The van der Waals surface area contributed by atoms with Crippen LogP contribution in [0.15, 0.2) is 0 Å². The quantitative estimate of drug-likeness (QED) is 0.213. The minimum Gasteiger partial charge on any atom is 0 e. The van der Waals surface area contributed by atoms with Crippen molar-refractivity contribution in [1.29, 1.82) is 0 Å². The molecule has 0 nitrogen and oxygen atoms in total. The molecule has 8 heteroatoms. The topological polar surface area (TPSA) is 0 Å². The van der Waals surface area contributed by atoms with E-state index in [1.165, 1.54) is 0 Å². The van der Waals surface area contributed by atoms with E-state index in [0.29, 0.717) is 0 Å². The molecule has 0 N–H and O–H groups in total. The summed E-state index contributed by atoms with van der Waals surface area (Å²) < 4.78 is 0. The third-order valence-corrected chi connectivity index (χ3v) is 0. The standard InChI is InChI=1S/5Ga.3Ir.15H. The van der Waals surface area contributed by atoms with Crippen LogP contribution in [0.1, 0.15) is 0 Å². The molecule has 0 aromatic rings. The zero-order chi connectivity index (χ0) is 0. The largest absolute Gasteiger partial charge is 0 e. The fraction of sp³-hybridized carbons (Fsp3) is 0. The van der Waals surface area contributed by atoms with Crippen molar-refractivity contribution in [3.8, 4) is 0 Å². The van der Waals surface area contributed by atoms with Gasteiger partial charge >= 0.3 is 99.0 Å². The molecule has 0 saturated carbocycles. The van der Waals surface area contributed by atoms with E-state index in [9.17, 15) is 0 Å². The predicted molar refractivity (Wildman–Crippen MR) is 49.7 cm³/mol. The number of hydrogen-bond donors (Lipinski definition) is 0. The normalized spacial score (nSPS) is 0. The summed E-state index contributed by atoms with van der Waals surface area (Å²) in [6.07, 6.45) is 0. The van der Waals surface area contributed by atoms with E-state index in [4.69, 9.17) is 0 Å². The summed E-state index contributed by atoms with van der Waals surface area (Å²) in [6, 6.07) is 0. The maximum atomic E-state index is 0. The summed E-state index contributed by atoms with van der Waals surface area (Å²) in [7, 11) is 0. The molecule has 0 aromatic heterocycles. The van der Waals surface area contributed by atoms with E-state index in [-0.39, 0.29) is 159 Å². The van der Waals surface area contributed by atoms with Gasteiger partial charge in [-0.1, -0.05) is 0 Å². The van der Waals surface area contributed by atoms with Gasteiger partial charge in [-0.15, -0.1) is 0 Å². The van der Waals surface area contributed by atoms with Crippen LogP contribution in [0.5, 0.6) is 0 Å². The first-order valence-corrected chi connectivity index (χ1v) is 0. The van der Waals surface area contributed by atoms with Crippen LogP contribution >= 0.6 is 0 Å². The van der Waals surface area contributed by atoms with Gasteiger partial charge in [0.25, 0.3) is 0 Å². The van der Waals surface area contributed by atoms with Crippen molar-refractivity contribution in [1.82, 2.24) is 0 Å². The molecule has 0 aromatic carbocycles. The fourth-order valence-corrected chi connectivity index (χ4v) is 0. The van der Waals surface area contributed by atoms with Gasteiger partial charge in [0.2, 0.25) is 0 Å².